The number of hydrogen-bond acceptors (Lipinski definition) is 4. The summed E-state index contributed by atoms with van der Waals surface area (Å²) in [4.78, 5) is 43.1. The smallest absolute Gasteiger partial charge is 0.351 e. The zero-order chi connectivity index (χ0) is 19.4. The van der Waals surface area contributed by atoms with Gasteiger partial charge in [-0.2, -0.15) is 0 Å². The summed E-state index contributed by atoms with van der Waals surface area (Å²) in [5.74, 6) is -1.29. The van der Waals surface area contributed by atoms with Crippen LogP contribution in [0.1, 0.15) is 13.8 Å². The number of amides is 2. The van der Waals surface area contributed by atoms with Gasteiger partial charge in [-0.25, -0.2) is 12.8 Å². The minimum Gasteiger partial charge on any atom is -0.351 e. The van der Waals surface area contributed by atoms with Crippen molar-refractivity contribution in [2.24, 2.45) is 0 Å². The number of benzene rings is 2. The van der Waals surface area contributed by atoms with Crippen LogP contribution >= 0.6 is 0 Å². The van der Waals surface area contributed by atoms with Crippen LogP contribution in [0.25, 0.3) is 0 Å². The number of anilines is 2. The minimum absolute atomic E-state index is 0. The number of ketones is 2. The van der Waals surface area contributed by atoms with Crippen molar-refractivity contribution in [3.63, 3.8) is 0 Å². The maximum absolute atomic E-state index is 11.0. The van der Waals surface area contributed by atoms with Gasteiger partial charge in [0.25, 0.3) is 0 Å². The molecule has 0 saturated heterocycles. The average molecular weight is 416 g/mol. The van der Waals surface area contributed by atoms with E-state index < -0.39 is 11.8 Å². The van der Waals surface area contributed by atoms with Crippen LogP contribution in [0.2, 0.25) is 0 Å². The summed E-state index contributed by atoms with van der Waals surface area (Å²) in [5, 5.41) is 5.12. The monoisotopic (exact) mass is 415 g/mol. The first-order chi connectivity index (χ1) is 12.4. The second-order valence-electron chi connectivity index (χ2n) is 5.22. The average Bonchev–Trinajstić information content (AvgIpc) is 2.55. The van der Waals surface area contributed by atoms with E-state index in [2.05, 4.69) is 10.6 Å². The van der Waals surface area contributed by atoms with Crippen molar-refractivity contribution in [2.45, 2.75) is 13.8 Å². The van der Waals surface area contributed by atoms with Crippen LogP contribution in [-0.2, 0) is 36.2 Å². The summed E-state index contributed by atoms with van der Waals surface area (Å²) in [6, 6.07) is 18.0. The van der Waals surface area contributed by atoms with E-state index >= 15 is 0 Å². The summed E-state index contributed by atoms with van der Waals surface area (Å²) in [7, 11) is 0. The minimum atomic E-state index is -0.390. The SMILES string of the molecule is CC(=O)[CH-]C(=O)Nc1ccccc1.CC(=O)[CH-]C(=O)Nc1ccccc1.[Cu+2]. The van der Waals surface area contributed by atoms with Crippen molar-refractivity contribution in [1.82, 2.24) is 0 Å². The van der Waals surface area contributed by atoms with Crippen LogP contribution in [0.5, 0.6) is 0 Å². The summed E-state index contributed by atoms with van der Waals surface area (Å²) >= 11 is 0. The molecule has 27 heavy (non-hydrogen) atoms. The van der Waals surface area contributed by atoms with E-state index in [1.54, 1.807) is 24.3 Å². The Balaban J connectivity index is 0.000000483. The second-order valence-corrected chi connectivity index (χ2v) is 5.22. The Kier molecular flexibility index (Phi) is 11.7. The normalized spacial score (nSPS) is 8.67. The van der Waals surface area contributed by atoms with Gasteiger partial charge < -0.3 is 29.8 Å². The molecule has 0 spiro atoms. The Labute approximate surface area is 169 Å². The molecule has 0 bridgehead atoms. The number of para-hydroxylation sites is 2. The van der Waals surface area contributed by atoms with E-state index in [0.717, 1.165) is 12.8 Å². The van der Waals surface area contributed by atoms with E-state index in [9.17, 15) is 19.2 Å². The number of carbonyl (C=O) groups is 4. The van der Waals surface area contributed by atoms with E-state index in [4.69, 9.17) is 0 Å². The van der Waals surface area contributed by atoms with Gasteiger partial charge in [0.1, 0.15) is 0 Å². The van der Waals surface area contributed by atoms with Crippen molar-refractivity contribution >= 4 is 34.8 Å². The van der Waals surface area contributed by atoms with Gasteiger partial charge in [0.15, 0.2) is 0 Å². The van der Waals surface area contributed by atoms with Gasteiger partial charge in [0, 0.05) is 22.9 Å². The molecule has 2 aromatic carbocycles. The fraction of sp³-hybridized carbons (Fsp3) is 0.100. The van der Waals surface area contributed by atoms with Gasteiger partial charge in [-0.1, -0.05) is 36.4 Å². The first-order valence-corrected chi connectivity index (χ1v) is 7.79. The molecule has 2 rings (SSSR count). The van der Waals surface area contributed by atoms with Crippen LogP contribution in [0.4, 0.5) is 11.4 Å². The molecule has 0 aliphatic heterocycles. The number of nitrogens with one attached hydrogen (secondary N) is 2. The van der Waals surface area contributed by atoms with Gasteiger partial charge in [-0.05, 0) is 38.1 Å². The van der Waals surface area contributed by atoms with Crippen LogP contribution in [0, 0.1) is 12.8 Å². The van der Waals surface area contributed by atoms with Crippen molar-refractivity contribution in [3.05, 3.63) is 73.5 Å². The van der Waals surface area contributed by atoms with Crippen molar-refractivity contribution in [2.75, 3.05) is 10.6 Å². The van der Waals surface area contributed by atoms with Gasteiger partial charge in [0.2, 0.25) is 0 Å². The van der Waals surface area contributed by atoms with E-state index in [0.29, 0.717) is 11.4 Å². The number of Topliss-reactive ketones (excluding diaryl/α,β-unsaturated/α-hetero) is 2. The number of carbonyl (C=O) groups excluding carboxylic acids is 4. The molecule has 0 saturated carbocycles. The molecule has 0 fully saturated rings. The van der Waals surface area contributed by atoms with Gasteiger partial charge in [0.05, 0.1) is 11.8 Å². The van der Waals surface area contributed by atoms with Crippen molar-refractivity contribution in [3.8, 4) is 0 Å². The van der Waals surface area contributed by atoms with E-state index in [-0.39, 0.29) is 28.6 Å². The van der Waals surface area contributed by atoms with Crippen molar-refractivity contribution in [1.29, 1.82) is 0 Å². The first-order valence-electron chi connectivity index (χ1n) is 7.79. The third-order valence-corrected chi connectivity index (χ3v) is 2.75. The van der Waals surface area contributed by atoms with Crippen LogP contribution < -0.4 is 10.6 Å². The Morgan fingerprint density at radius 2 is 0.926 bits per heavy atom. The predicted octanol–water partition coefficient (Wildman–Crippen LogP) is 2.83. The third-order valence-electron chi connectivity index (χ3n) is 2.75. The van der Waals surface area contributed by atoms with Gasteiger partial charge in [-0.15, -0.1) is 0 Å². The molecule has 0 aliphatic carbocycles. The van der Waals surface area contributed by atoms with Crippen LogP contribution in [0.3, 0.4) is 0 Å². The molecule has 7 heteroatoms. The summed E-state index contributed by atoms with van der Waals surface area (Å²) in [6.07, 6.45) is 2.04. The van der Waals surface area contributed by atoms with E-state index in [1.165, 1.54) is 13.8 Å². The molecule has 0 aliphatic rings. The van der Waals surface area contributed by atoms with Crippen LogP contribution in [0.15, 0.2) is 60.7 Å². The molecule has 2 amide bonds. The Morgan fingerprint density at radius 3 is 1.19 bits per heavy atom. The molecule has 0 atom stereocenters. The molecule has 2 aromatic rings. The summed E-state index contributed by atoms with van der Waals surface area (Å²) in [6.45, 7) is 2.68. The molecule has 2 N–H and O–H groups in total. The fourth-order valence-electron chi connectivity index (χ4n) is 1.77. The number of rotatable bonds is 6. The third kappa shape index (κ3) is 12.0. The first kappa shape index (κ1) is 24.0. The molecular formula is C20H20CuN2O4. The maximum Gasteiger partial charge on any atom is 2.00 e. The summed E-state index contributed by atoms with van der Waals surface area (Å²) < 4.78 is 0. The molecular weight excluding hydrogens is 396 g/mol. The zero-order valence-electron chi connectivity index (χ0n) is 14.9. The summed E-state index contributed by atoms with van der Waals surface area (Å²) in [5.41, 5.74) is 1.37. The van der Waals surface area contributed by atoms with Crippen LogP contribution in [-0.4, -0.2) is 23.4 Å². The largest absolute Gasteiger partial charge is 2.00 e. The molecule has 0 aromatic heterocycles. The Hall–Kier alpha value is -3.02. The number of hydrogen-bond donors (Lipinski definition) is 2. The van der Waals surface area contributed by atoms with Gasteiger partial charge >= 0.3 is 17.1 Å². The molecule has 0 heterocycles. The Morgan fingerprint density at radius 1 is 0.630 bits per heavy atom. The molecule has 1 radical (unpaired) electrons. The fourth-order valence-corrected chi connectivity index (χ4v) is 1.77. The predicted molar refractivity (Wildman–Crippen MR) is 100 cm³/mol. The quantitative estimate of drug-likeness (QED) is 0.431. The van der Waals surface area contributed by atoms with E-state index in [1.807, 2.05) is 36.4 Å². The molecule has 145 valence electrons. The topological polar surface area (TPSA) is 92.3 Å². The molecule has 0 unspecified atom stereocenters. The van der Waals surface area contributed by atoms with Gasteiger partial charge in [-0.3, -0.25) is 0 Å². The van der Waals surface area contributed by atoms with Crippen molar-refractivity contribution < 1.29 is 36.2 Å². The Bertz CT molecular complexity index is 684. The maximum atomic E-state index is 11.0. The zero-order valence-corrected chi connectivity index (χ0v) is 15.8. The molecule has 6 nitrogen and oxygen atoms in total. The second kappa shape index (κ2) is 13.2. The standard InChI is InChI=1S/2C10H10NO2.Cu/c2*1-8(12)7-10(13)11-9-5-3-2-4-6-9;/h2*2-7H,1H3,(H,11,13);/q2*-1;+2.